The van der Waals surface area contributed by atoms with Gasteiger partial charge in [-0.05, 0) is 5.56 Å². The van der Waals surface area contributed by atoms with E-state index < -0.39 is 5.97 Å². The van der Waals surface area contributed by atoms with Gasteiger partial charge in [-0.2, -0.15) is 0 Å². The number of carbonyl (C=O) groups is 1. The minimum atomic E-state index is -1.02. The number of hydrogen-bond donors (Lipinski definition) is 1. The van der Waals surface area contributed by atoms with Crippen LogP contribution in [0.5, 0.6) is 0 Å². The molecule has 0 aromatic heterocycles. The smallest absolute Gasteiger partial charge is 0.329 e. The van der Waals surface area contributed by atoms with Crippen LogP contribution in [0.25, 0.3) is 0 Å². The fourth-order valence-electron chi connectivity index (χ4n) is 2.91. The Morgan fingerprint density at radius 1 is 0.769 bits per heavy atom. The summed E-state index contributed by atoms with van der Waals surface area (Å²) < 4.78 is 0. The van der Waals surface area contributed by atoms with Crippen LogP contribution in [-0.4, -0.2) is 23.4 Å². The summed E-state index contributed by atoms with van der Waals surface area (Å²) in [7, 11) is 0. The molecule has 0 radical (unpaired) electrons. The number of benzene rings is 3. The number of nitrogens with zero attached hydrogens (tertiary/aromatic N) is 1. The minimum Gasteiger partial charge on any atom is -0.478 e. The number of carboxylic acids is 1. The molecule has 3 aromatic carbocycles. The first-order valence-electron chi connectivity index (χ1n) is 8.38. The lowest BCUT2D eigenvalue weighted by molar-refractivity contribution is -0.131. The molecule has 126 valence electrons. The Morgan fingerprint density at radius 2 is 1.23 bits per heavy atom. The van der Waals surface area contributed by atoms with Crippen LogP contribution in [0.1, 0.15) is 5.56 Å². The van der Waals surface area contributed by atoms with E-state index in [9.17, 15) is 4.79 Å². The highest BCUT2D eigenvalue weighted by molar-refractivity contribution is 7.10. The second-order valence-electron chi connectivity index (χ2n) is 5.79. The Hall–Kier alpha value is -3.40. The van der Waals surface area contributed by atoms with Gasteiger partial charge in [0.05, 0.1) is 0 Å². The normalized spacial score (nSPS) is 11.5. The molecule has 0 saturated heterocycles. The van der Waals surface area contributed by atoms with Crippen molar-refractivity contribution in [2.24, 2.45) is 4.99 Å². The van der Waals surface area contributed by atoms with E-state index in [1.54, 1.807) is 0 Å². The average molecular weight is 339 g/mol. The Morgan fingerprint density at radius 3 is 1.69 bits per heavy atom. The Labute approximate surface area is 153 Å². The van der Waals surface area contributed by atoms with Crippen LogP contribution in [0.2, 0.25) is 0 Å². The van der Waals surface area contributed by atoms with Crippen molar-refractivity contribution < 1.29 is 9.90 Å². The molecule has 0 amide bonds. The van der Waals surface area contributed by atoms with Crippen molar-refractivity contribution in [2.75, 3.05) is 0 Å². The van der Waals surface area contributed by atoms with Crippen LogP contribution in [0, 0.1) is 0 Å². The van der Waals surface area contributed by atoms with Gasteiger partial charge in [0.2, 0.25) is 0 Å². The minimum absolute atomic E-state index is 0.0988. The van der Waals surface area contributed by atoms with E-state index in [0.29, 0.717) is 0 Å². The van der Waals surface area contributed by atoms with Gasteiger partial charge >= 0.3 is 5.97 Å². The van der Waals surface area contributed by atoms with E-state index in [1.807, 2.05) is 66.7 Å². The molecule has 4 heteroatoms. The van der Waals surface area contributed by atoms with E-state index >= 15 is 0 Å². The van der Waals surface area contributed by atoms with Gasteiger partial charge in [-0.25, -0.2) is 4.79 Å². The van der Waals surface area contributed by atoms with Crippen molar-refractivity contribution in [2.45, 2.75) is 0 Å². The summed E-state index contributed by atoms with van der Waals surface area (Å²) in [6, 6.07) is 30.1. The fraction of sp³-hybridized carbons (Fsp3) is 0. The zero-order valence-corrected chi connectivity index (χ0v) is 14.2. The summed E-state index contributed by atoms with van der Waals surface area (Å²) in [5.74, 6) is -1.02. The number of carboxylic acid groups (broad SMARTS) is 1. The molecular weight excluding hydrogens is 321 g/mol. The first kappa shape index (κ1) is 17.4. The van der Waals surface area contributed by atoms with Crippen molar-refractivity contribution in [1.82, 2.24) is 0 Å². The van der Waals surface area contributed by atoms with Gasteiger partial charge in [0.15, 0.2) is 0 Å². The number of hydrogen-bond acceptors (Lipinski definition) is 2. The molecule has 26 heavy (non-hydrogen) atoms. The summed E-state index contributed by atoms with van der Waals surface area (Å²) >= 11 is 0. The molecule has 0 heterocycles. The SMILES string of the molecule is O=C(O)C=CN=C(B(c1ccccc1)c1ccccc1)c1ccccc1. The molecule has 3 aromatic rings. The summed E-state index contributed by atoms with van der Waals surface area (Å²) in [6.07, 6.45) is 2.40. The van der Waals surface area contributed by atoms with Crippen LogP contribution in [-0.2, 0) is 4.79 Å². The summed E-state index contributed by atoms with van der Waals surface area (Å²) in [6.45, 7) is -0.0988. The summed E-state index contributed by atoms with van der Waals surface area (Å²) in [5.41, 5.74) is 3.97. The van der Waals surface area contributed by atoms with Gasteiger partial charge in [0, 0.05) is 17.9 Å². The highest BCUT2D eigenvalue weighted by atomic mass is 16.4. The van der Waals surface area contributed by atoms with E-state index in [-0.39, 0.29) is 6.71 Å². The molecule has 1 N–H and O–H groups in total. The molecule has 0 atom stereocenters. The maximum Gasteiger partial charge on any atom is 0.329 e. The molecule has 0 unspecified atom stereocenters. The maximum atomic E-state index is 10.9. The van der Waals surface area contributed by atoms with Gasteiger partial charge < -0.3 is 5.11 Å². The van der Waals surface area contributed by atoms with Crippen molar-refractivity contribution in [3.8, 4) is 0 Å². The zero-order chi connectivity index (χ0) is 18.2. The van der Waals surface area contributed by atoms with Crippen LogP contribution in [0.15, 0.2) is 108 Å². The van der Waals surface area contributed by atoms with E-state index in [2.05, 4.69) is 29.3 Å². The first-order valence-corrected chi connectivity index (χ1v) is 8.38. The number of aliphatic carboxylic acids is 1. The van der Waals surface area contributed by atoms with E-state index in [1.165, 1.54) is 6.20 Å². The van der Waals surface area contributed by atoms with Crippen molar-refractivity contribution in [3.63, 3.8) is 0 Å². The lowest BCUT2D eigenvalue weighted by atomic mass is 9.36. The van der Waals surface area contributed by atoms with Gasteiger partial charge in [-0.3, -0.25) is 4.99 Å². The van der Waals surface area contributed by atoms with Crippen LogP contribution in [0.4, 0.5) is 0 Å². The predicted octanol–water partition coefficient (Wildman–Crippen LogP) is 2.92. The second-order valence-corrected chi connectivity index (χ2v) is 5.79. The Bertz CT molecular complexity index is 867. The number of rotatable bonds is 6. The molecule has 3 nitrogen and oxygen atoms in total. The maximum absolute atomic E-state index is 10.9. The zero-order valence-electron chi connectivity index (χ0n) is 14.2. The molecule has 3 rings (SSSR count). The molecule has 0 bridgehead atoms. The van der Waals surface area contributed by atoms with Gasteiger partial charge in [0.25, 0.3) is 6.71 Å². The van der Waals surface area contributed by atoms with E-state index in [4.69, 9.17) is 5.11 Å². The molecular formula is C22H18BNO2. The lowest BCUT2D eigenvalue weighted by Gasteiger charge is -2.17. The molecule has 0 fully saturated rings. The van der Waals surface area contributed by atoms with Crippen LogP contribution >= 0.6 is 0 Å². The Balaban J connectivity index is 2.17. The highest BCUT2D eigenvalue weighted by Crippen LogP contribution is 2.07. The summed E-state index contributed by atoms with van der Waals surface area (Å²) in [4.78, 5) is 15.4. The molecule has 0 aliphatic carbocycles. The largest absolute Gasteiger partial charge is 0.478 e. The van der Waals surface area contributed by atoms with Crippen molar-refractivity contribution >= 4 is 29.2 Å². The van der Waals surface area contributed by atoms with Crippen LogP contribution in [0.3, 0.4) is 0 Å². The number of aliphatic imine (C=N–C) groups is 1. The van der Waals surface area contributed by atoms with Gasteiger partial charge in [-0.1, -0.05) is 102 Å². The molecule has 0 saturated carbocycles. The molecule has 0 aliphatic heterocycles. The summed E-state index contributed by atoms with van der Waals surface area (Å²) in [5, 5.41) is 8.91. The second kappa shape index (κ2) is 8.63. The Kier molecular flexibility index (Phi) is 5.78. The average Bonchev–Trinajstić information content (AvgIpc) is 2.69. The lowest BCUT2D eigenvalue weighted by Crippen LogP contribution is -2.49. The van der Waals surface area contributed by atoms with Gasteiger partial charge in [0.1, 0.15) is 0 Å². The fourth-order valence-corrected chi connectivity index (χ4v) is 2.91. The first-order chi connectivity index (χ1) is 12.8. The van der Waals surface area contributed by atoms with E-state index in [0.717, 1.165) is 28.2 Å². The third-order valence-electron chi connectivity index (χ3n) is 4.04. The third-order valence-corrected chi connectivity index (χ3v) is 4.04. The van der Waals surface area contributed by atoms with Crippen LogP contribution < -0.4 is 10.9 Å². The molecule has 0 aliphatic rings. The highest BCUT2D eigenvalue weighted by Gasteiger charge is 2.26. The quantitative estimate of drug-likeness (QED) is 0.426. The van der Waals surface area contributed by atoms with Gasteiger partial charge in [-0.15, -0.1) is 0 Å². The molecule has 0 spiro atoms. The third kappa shape index (κ3) is 4.36. The topological polar surface area (TPSA) is 49.7 Å². The van der Waals surface area contributed by atoms with Crippen molar-refractivity contribution in [1.29, 1.82) is 0 Å². The van der Waals surface area contributed by atoms with Crippen molar-refractivity contribution in [3.05, 3.63) is 109 Å². The monoisotopic (exact) mass is 339 g/mol. The standard InChI is InChI=1S/C22H18BNO2/c25-21(26)16-17-24-22(18-10-4-1-5-11-18)23(19-12-6-2-7-13-19)20-14-8-3-9-15-20/h1-17H,(H,25,26). The predicted molar refractivity (Wildman–Crippen MR) is 108 cm³/mol.